The number of aliphatic hydroxyl groups excluding tert-OH is 4. The Labute approximate surface area is 201 Å². The molecule has 5 atom stereocenters. The van der Waals surface area contributed by atoms with Crippen molar-refractivity contribution in [2.24, 2.45) is 11.8 Å². The van der Waals surface area contributed by atoms with Crippen LogP contribution in [0.5, 0.6) is 0 Å². The molecule has 6 N–H and O–H groups in total. The van der Waals surface area contributed by atoms with E-state index in [9.17, 15) is 20.4 Å². The average molecular weight is 487 g/mol. The highest BCUT2D eigenvalue weighted by Gasteiger charge is 2.45. The van der Waals surface area contributed by atoms with E-state index in [1.165, 1.54) is 24.2 Å². The molecule has 0 aromatic carbocycles. The molecule has 11 heteroatoms. The van der Waals surface area contributed by atoms with Gasteiger partial charge in [-0.15, -0.1) is 11.3 Å². The Kier molecular flexibility index (Phi) is 6.38. The topological polar surface area (TPSA) is 157 Å². The van der Waals surface area contributed by atoms with Crippen LogP contribution >= 0.6 is 11.3 Å². The van der Waals surface area contributed by atoms with Crippen molar-refractivity contribution in [3.05, 3.63) is 23.7 Å². The zero-order valence-corrected chi connectivity index (χ0v) is 20.0. The monoisotopic (exact) mass is 486 g/mol. The zero-order valence-electron chi connectivity index (χ0n) is 19.1. The SMILES string of the molecule is Cc1nc(NCC2CC2)nc(NC2CC(C(O)CO)C(O)C2O)c1-c1nc2c(C)nccc2s1. The second kappa shape index (κ2) is 9.31. The number of anilines is 2. The van der Waals surface area contributed by atoms with Crippen molar-refractivity contribution >= 4 is 33.3 Å². The molecule has 2 saturated carbocycles. The maximum Gasteiger partial charge on any atom is 0.224 e. The van der Waals surface area contributed by atoms with Crippen LogP contribution in [0.2, 0.25) is 0 Å². The molecule has 0 bridgehead atoms. The van der Waals surface area contributed by atoms with E-state index in [4.69, 9.17) is 9.97 Å². The molecule has 2 aliphatic carbocycles. The van der Waals surface area contributed by atoms with Crippen LogP contribution in [0.15, 0.2) is 12.3 Å². The summed E-state index contributed by atoms with van der Waals surface area (Å²) in [7, 11) is 0. The highest BCUT2D eigenvalue weighted by Crippen LogP contribution is 2.39. The Balaban J connectivity index is 1.52. The second-order valence-electron chi connectivity index (χ2n) is 9.32. The highest BCUT2D eigenvalue weighted by molar-refractivity contribution is 7.21. The number of aliphatic hydroxyl groups is 4. The summed E-state index contributed by atoms with van der Waals surface area (Å²) in [6, 6.07) is 1.36. The van der Waals surface area contributed by atoms with E-state index in [-0.39, 0.29) is 6.42 Å². The van der Waals surface area contributed by atoms with Gasteiger partial charge in [0.05, 0.1) is 46.5 Å². The van der Waals surface area contributed by atoms with Crippen molar-refractivity contribution in [3.63, 3.8) is 0 Å². The molecule has 3 heterocycles. The lowest BCUT2D eigenvalue weighted by atomic mass is 9.99. The van der Waals surface area contributed by atoms with Crippen LogP contribution in [0, 0.1) is 25.7 Å². The molecule has 182 valence electrons. The first-order valence-corrected chi connectivity index (χ1v) is 12.4. The molecular weight excluding hydrogens is 456 g/mol. The summed E-state index contributed by atoms with van der Waals surface area (Å²) >= 11 is 1.52. The lowest BCUT2D eigenvalue weighted by Gasteiger charge is -2.21. The number of hydrogen-bond donors (Lipinski definition) is 6. The second-order valence-corrected chi connectivity index (χ2v) is 10.4. The summed E-state index contributed by atoms with van der Waals surface area (Å²) in [6.07, 6.45) is 1.05. The number of fused-ring (bicyclic) bond motifs is 1. The van der Waals surface area contributed by atoms with Crippen molar-refractivity contribution in [3.8, 4) is 10.6 Å². The number of nitrogens with one attached hydrogen (secondary N) is 2. The van der Waals surface area contributed by atoms with Crippen LogP contribution in [-0.4, -0.2) is 77.9 Å². The van der Waals surface area contributed by atoms with Gasteiger partial charge in [-0.25, -0.2) is 9.97 Å². The fourth-order valence-electron chi connectivity index (χ4n) is 4.56. The van der Waals surface area contributed by atoms with Crippen LogP contribution in [-0.2, 0) is 0 Å². The third-order valence-electron chi connectivity index (χ3n) is 6.77. The van der Waals surface area contributed by atoms with E-state index in [2.05, 4.69) is 20.6 Å². The Bertz CT molecular complexity index is 1190. The molecule has 0 saturated heterocycles. The molecule has 2 fully saturated rings. The predicted octanol–water partition coefficient (Wildman–Crippen LogP) is 1.46. The summed E-state index contributed by atoms with van der Waals surface area (Å²) in [4.78, 5) is 18.5. The van der Waals surface area contributed by atoms with E-state index >= 15 is 0 Å². The van der Waals surface area contributed by atoms with Gasteiger partial charge in [0.25, 0.3) is 0 Å². The summed E-state index contributed by atoms with van der Waals surface area (Å²) in [6.45, 7) is 4.15. The van der Waals surface area contributed by atoms with Gasteiger partial charge < -0.3 is 31.1 Å². The number of aromatic nitrogens is 4. The minimum atomic E-state index is -1.16. The number of pyridine rings is 1. The molecule has 5 rings (SSSR count). The average Bonchev–Trinajstić information content (AvgIpc) is 3.48. The minimum Gasteiger partial charge on any atom is -0.394 e. The van der Waals surface area contributed by atoms with E-state index in [1.54, 1.807) is 6.20 Å². The molecule has 2 aliphatic rings. The molecule has 0 spiro atoms. The standard InChI is InChI=1S/C23H30N6O4S/c1-10-17(22-28-18-11(2)24-6-5-16(18)34-22)21(29-23(26-10)25-8-12-3-4-12)27-14-7-13(15(31)9-30)19(32)20(14)33/h5-6,12-15,19-20,30-33H,3-4,7-9H2,1-2H3,(H2,25,26,27,29). The van der Waals surface area contributed by atoms with Crippen LogP contribution in [0.1, 0.15) is 30.7 Å². The predicted molar refractivity (Wildman–Crippen MR) is 130 cm³/mol. The molecule has 0 radical (unpaired) electrons. The summed E-state index contributed by atoms with van der Waals surface area (Å²) in [5.74, 6) is 1.00. The Hall–Kier alpha value is -2.44. The number of thiazole rings is 1. The molecule has 3 aromatic rings. The number of nitrogens with zero attached hydrogens (tertiary/aromatic N) is 4. The van der Waals surface area contributed by atoms with Gasteiger partial charge in [-0.2, -0.15) is 4.98 Å². The lowest BCUT2D eigenvalue weighted by Crippen LogP contribution is -2.37. The summed E-state index contributed by atoms with van der Waals surface area (Å²) in [5.41, 5.74) is 3.13. The number of aryl methyl sites for hydroxylation is 2. The van der Waals surface area contributed by atoms with Crippen LogP contribution < -0.4 is 10.6 Å². The smallest absolute Gasteiger partial charge is 0.224 e. The van der Waals surface area contributed by atoms with Crippen molar-refractivity contribution in [2.45, 2.75) is 57.5 Å². The molecule has 0 amide bonds. The van der Waals surface area contributed by atoms with E-state index in [0.29, 0.717) is 17.7 Å². The number of hydrogen-bond acceptors (Lipinski definition) is 11. The van der Waals surface area contributed by atoms with Crippen LogP contribution in [0.25, 0.3) is 20.8 Å². The van der Waals surface area contributed by atoms with Crippen molar-refractivity contribution in [1.82, 2.24) is 19.9 Å². The first kappa shape index (κ1) is 23.3. The van der Waals surface area contributed by atoms with E-state index < -0.39 is 36.9 Å². The van der Waals surface area contributed by atoms with Gasteiger partial charge in [0.15, 0.2) is 0 Å². The van der Waals surface area contributed by atoms with Crippen molar-refractivity contribution < 1.29 is 20.4 Å². The maximum atomic E-state index is 10.7. The third kappa shape index (κ3) is 4.46. The fourth-order valence-corrected chi connectivity index (χ4v) is 5.67. The van der Waals surface area contributed by atoms with Gasteiger partial charge in [0, 0.05) is 18.7 Å². The molecule has 0 aliphatic heterocycles. The van der Waals surface area contributed by atoms with Crippen molar-refractivity contribution in [2.75, 3.05) is 23.8 Å². The summed E-state index contributed by atoms with van der Waals surface area (Å²) < 4.78 is 1.01. The normalized spacial score (nSPS) is 25.6. The lowest BCUT2D eigenvalue weighted by molar-refractivity contribution is -0.0368. The zero-order chi connectivity index (χ0) is 24.0. The first-order chi connectivity index (χ1) is 16.4. The fraction of sp³-hybridized carbons (Fsp3) is 0.565. The van der Waals surface area contributed by atoms with Gasteiger partial charge in [0.2, 0.25) is 5.95 Å². The Morgan fingerprint density at radius 3 is 2.62 bits per heavy atom. The largest absolute Gasteiger partial charge is 0.394 e. The molecule has 34 heavy (non-hydrogen) atoms. The van der Waals surface area contributed by atoms with E-state index in [1.807, 2.05) is 19.9 Å². The van der Waals surface area contributed by atoms with Gasteiger partial charge >= 0.3 is 0 Å². The van der Waals surface area contributed by atoms with Crippen LogP contribution in [0.3, 0.4) is 0 Å². The highest BCUT2D eigenvalue weighted by atomic mass is 32.1. The van der Waals surface area contributed by atoms with Crippen molar-refractivity contribution in [1.29, 1.82) is 0 Å². The third-order valence-corrected chi connectivity index (χ3v) is 7.81. The summed E-state index contributed by atoms with van der Waals surface area (Å²) in [5, 5.41) is 47.9. The van der Waals surface area contributed by atoms with Gasteiger partial charge in [-0.05, 0) is 45.1 Å². The van der Waals surface area contributed by atoms with E-state index in [0.717, 1.165) is 38.7 Å². The Morgan fingerprint density at radius 2 is 1.91 bits per heavy atom. The molecular formula is C23H30N6O4S. The quantitative estimate of drug-likeness (QED) is 0.275. The van der Waals surface area contributed by atoms with Crippen LogP contribution in [0.4, 0.5) is 11.8 Å². The molecule has 3 aromatic heterocycles. The van der Waals surface area contributed by atoms with Gasteiger partial charge in [0.1, 0.15) is 22.4 Å². The Morgan fingerprint density at radius 1 is 1.12 bits per heavy atom. The molecule has 10 nitrogen and oxygen atoms in total. The maximum absolute atomic E-state index is 10.7. The van der Waals surface area contributed by atoms with Gasteiger partial charge in [-0.3, -0.25) is 4.98 Å². The number of rotatable bonds is 8. The van der Waals surface area contributed by atoms with Gasteiger partial charge in [-0.1, -0.05) is 0 Å². The first-order valence-electron chi connectivity index (χ1n) is 11.6. The minimum absolute atomic E-state index is 0.278. The molecule has 5 unspecified atom stereocenters.